The topological polar surface area (TPSA) is 48.7 Å². The summed E-state index contributed by atoms with van der Waals surface area (Å²) in [7, 11) is 1.35. The quantitative estimate of drug-likeness (QED) is 0.793. The molecule has 0 unspecified atom stereocenters. The average Bonchev–Trinajstić information content (AvgIpc) is 2.75. The first-order valence-electron chi connectivity index (χ1n) is 6.27. The van der Waals surface area contributed by atoms with Crippen LogP contribution in [-0.4, -0.2) is 18.7 Å². The van der Waals surface area contributed by atoms with Crippen molar-refractivity contribution < 1.29 is 18.7 Å². The highest BCUT2D eigenvalue weighted by atomic mass is 16.6. The van der Waals surface area contributed by atoms with Gasteiger partial charge >= 0.3 is 5.97 Å². The van der Waals surface area contributed by atoms with Gasteiger partial charge in [0.15, 0.2) is 11.4 Å². The third kappa shape index (κ3) is 2.43. The summed E-state index contributed by atoms with van der Waals surface area (Å²) in [4.78, 5) is 11.7. The number of ether oxygens (including phenoxy) is 2. The molecule has 2 rings (SSSR count). The molecule has 0 radical (unpaired) electrons. The van der Waals surface area contributed by atoms with Crippen LogP contribution in [0.5, 0.6) is 5.75 Å². The minimum absolute atomic E-state index is 0.417. The van der Waals surface area contributed by atoms with Gasteiger partial charge in [0, 0.05) is 6.42 Å². The summed E-state index contributed by atoms with van der Waals surface area (Å²) in [6.07, 6.45) is 0.696. The maximum absolute atomic E-state index is 11.7. The lowest BCUT2D eigenvalue weighted by Gasteiger charge is -2.23. The minimum Gasteiger partial charge on any atom is -0.472 e. The van der Waals surface area contributed by atoms with Gasteiger partial charge in [-0.2, -0.15) is 0 Å². The lowest BCUT2D eigenvalue weighted by Crippen LogP contribution is -2.39. The summed E-state index contributed by atoms with van der Waals surface area (Å²) in [5.41, 5.74) is -0.291. The van der Waals surface area contributed by atoms with Crippen LogP contribution in [0.2, 0.25) is 0 Å². The predicted octanol–water partition coefficient (Wildman–Crippen LogP) is 3.33. The molecular formula is C15H18O4. The van der Waals surface area contributed by atoms with E-state index >= 15 is 0 Å². The summed E-state index contributed by atoms with van der Waals surface area (Å²) >= 11 is 0. The van der Waals surface area contributed by atoms with Gasteiger partial charge < -0.3 is 13.9 Å². The van der Waals surface area contributed by atoms with Crippen molar-refractivity contribution >= 4 is 16.9 Å². The second-order valence-corrected chi connectivity index (χ2v) is 4.81. The molecule has 4 heteroatoms. The van der Waals surface area contributed by atoms with E-state index in [9.17, 15) is 4.79 Å². The molecule has 1 aromatic carbocycles. The van der Waals surface area contributed by atoms with Crippen LogP contribution in [-0.2, 0) is 16.0 Å². The van der Waals surface area contributed by atoms with Gasteiger partial charge in [-0.15, -0.1) is 0 Å². The molecule has 2 aromatic rings. The van der Waals surface area contributed by atoms with Crippen molar-refractivity contribution in [2.75, 3.05) is 7.11 Å². The first-order chi connectivity index (χ1) is 8.99. The standard InChI is InChI=1S/C15H18O4/c1-5-11-13(19-15(2,3)14(16)17-4)10-8-6-7-9-12(10)18-11/h6-9H,5H2,1-4H3. The van der Waals surface area contributed by atoms with Crippen LogP contribution in [0.15, 0.2) is 28.7 Å². The largest absolute Gasteiger partial charge is 0.472 e. The third-order valence-electron chi connectivity index (χ3n) is 2.97. The zero-order valence-corrected chi connectivity index (χ0v) is 11.6. The normalized spacial score (nSPS) is 11.6. The van der Waals surface area contributed by atoms with Crippen LogP contribution in [0.4, 0.5) is 0 Å². The Labute approximate surface area is 112 Å². The molecule has 0 amide bonds. The van der Waals surface area contributed by atoms with Crippen molar-refractivity contribution in [2.24, 2.45) is 0 Å². The second kappa shape index (κ2) is 4.96. The molecule has 102 valence electrons. The second-order valence-electron chi connectivity index (χ2n) is 4.81. The molecule has 19 heavy (non-hydrogen) atoms. The number of rotatable bonds is 4. The summed E-state index contributed by atoms with van der Waals surface area (Å²) in [5.74, 6) is 0.937. The zero-order valence-electron chi connectivity index (χ0n) is 11.6. The number of carbonyl (C=O) groups excluding carboxylic acids is 1. The summed E-state index contributed by atoms with van der Waals surface area (Å²) in [6, 6.07) is 7.61. The Balaban J connectivity index is 2.47. The number of esters is 1. The van der Waals surface area contributed by atoms with Crippen molar-refractivity contribution in [2.45, 2.75) is 32.8 Å². The molecular weight excluding hydrogens is 244 g/mol. The molecule has 0 fully saturated rings. The maximum atomic E-state index is 11.7. The van der Waals surface area contributed by atoms with Crippen LogP contribution in [0.1, 0.15) is 26.5 Å². The molecule has 0 spiro atoms. The number of aryl methyl sites for hydroxylation is 1. The van der Waals surface area contributed by atoms with E-state index in [1.54, 1.807) is 13.8 Å². The first kappa shape index (κ1) is 13.5. The van der Waals surface area contributed by atoms with Crippen molar-refractivity contribution in [3.63, 3.8) is 0 Å². The number of para-hydroxylation sites is 1. The number of hydrogen-bond donors (Lipinski definition) is 0. The van der Waals surface area contributed by atoms with Crippen LogP contribution < -0.4 is 4.74 Å². The third-order valence-corrected chi connectivity index (χ3v) is 2.97. The molecule has 0 aliphatic rings. The van der Waals surface area contributed by atoms with Gasteiger partial charge in [0.05, 0.1) is 12.5 Å². The summed E-state index contributed by atoms with van der Waals surface area (Å²) in [6.45, 7) is 5.34. The van der Waals surface area contributed by atoms with Crippen molar-refractivity contribution in [1.29, 1.82) is 0 Å². The molecule has 0 aliphatic carbocycles. The van der Waals surface area contributed by atoms with Crippen molar-refractivity contribution in [3.05, 3.63) is 30.0 Å². The minimum atomic E-state index is -1.05. The van der Waals surface area contributed by atoms with E-state index in [-0.39, 0.29) is 0 Å². The van der Waals surface area contributed by atoms with E-state index in [4.69, 9.17) is 13.9 Å². The molecule has 0 aliphatic heterocycles. The molecule has 0 saturated carbocycles. The zero-order chi connectivity index (χ0) is 14.0. The molecule has 0 saturated heterocycles. The van der Waals surface area contributed by atoms with Crippen molar-refractivity contribution in [1.82, 2.24) is 0 Å². The Kier molecular flexibility index (Phi) is 3.51. The smallest absolute Gasteiger partial charge is 0.349 e. The lowest BCUT2D eigenvalue weighted by atomic mass is 10.1. The van der Waals surface area contributed by atoms with E-state index in [0.29, 0.717) is 12.2 Å². The fourth-order valence-corrected chi connectivity index (χ4v) is 1.96. The number of methoxy groups -OCH3 is 1. The van der Waals surface area contributed by atoms with Crippen molar-refractivity contribution in [3.8, 4) is 5.75 Å². The SMILES string of the molecule is CCc1oc2ccccc2c1OC(C)(C)C(=O)OC. The predicted molar refractivity (Wildman–Crippen MR) is 72.3 cm³/mol. The number of carbonyl (C=O) groups is 1. The van der Waals surface area contributed by atoms with Gasteiger partial charge in [0.1, 0.15) is 11.3 Å². The van der Waals surface area contributed by atoms with Crippen LogP contribution in [0, 0.1) is 0 Å². The van der Waals surface area contributed by atoms with Gasteiger partial charge in [-0.25, -0.2) is 4.79 Å². The van der Waals surface area contributed by atoms with Crippen LogP contribution in [0.3, 0.4) is 0 Å². The Morgan fingerprint density at radius 3 is 2.63 bits per heavy atom. The fraction of sp³-hybridized carbons (Fsp3) is 0.400. The monoisotopic (exact) mass is 262 g/mol. The Morgan fingerprint density at radius 1 is 1.32 bits per heavy atom. The highest BCUT2D eigenvalue weighted by Gasteiger charge is 2.33. The highest BCUT2D eigenvalue weighted by Crippen LogP contribution is 2.35. The molecule has 0 N–H and O–H groups in total. The Hall–Kier alpha value is -1.97. The van der Waals surface area contributed by atoms with E-state index in [2.05, 4.69) is 0 Å². The van der Waals surface area contributed by atoms with Gasteiger partial charge in [0.25, 0.3) is 0 Å². The number of hydrogen-bond acceptors (Lipinski definition) is 4. The van der Waals surface area contributed by atoms with E-state index in [1.165, 1.54) is 7.11 Å². The molecule has 0 atom stereocenters. The summed E-state index contributed by atoms with van der Waals surface area (Å²) in [5, 5.41) is 0.872. The molecule has 0 bridgehead atoms. The number of furan rings is 1. The Morgan fingerprint density at radius 2 is 2.00 bits per heavy atom. The average molecular weight is 262 g/mol. The number of fused-ring (bicyclic) bond motifs is 1. The summed E-state index contributed by atoms with van der Waals surface area (Å²) < 4.78 is 16.3. The van der Waals surface area contributed by atoms with Crippen LogP contribution in [0.25, 0.3) is 11.0 Å². The molecule has 1 heterocycles. The van der Waals surface area contributed by atoms with E-state index in [0.717, 1.165) is 16.7 Å². The fourth-order valence-electron chi connectivity index (χ4n) is 1.96. The lowest BCUT2D eigenvalue weighted by molar-refractivity contribution is -0.156. The van der Waals surface area contributed by atoms with Gasteiger partial charge in [-0.1, -0.05) is 19.1 Å². The maximum Gasteiger partial charge on any atom is 0.349 e. The Bertz CT molecular complexity index is 595. The first-order valence-corrected chi connectivity index (χ1v) is 6.27. The van der Waals surface area contributed by atoms with Crippen LogP contribution >= 0.6 is 0 Å². The molecule has 4 nitrogen and oxygen atoms in total. The van der Waals surface area contributed by atoms with Gasteiger partial charge in [-0.3, -0.25) is 0 Å². The number of benzene rings is 1. The van der Waals surface area contributed by atoms with Gasteiger partial charge in [-0.05, 0) is 26.0 Å². The highest BCUT2D eigenvalue weighted by molar-refractivity contribution is 5.86. The molecule has 1 aromatic heterocycles. The van der Waals surface area contributed by atoms with E-state index < -0.39 is 11.6 Å². The van der Waals surface area contributed by atoms with E-state index in [1.807, 2.05) is 31.2 Å². The van der Waals surface area contributed by atoms with Gasteiger partial charge in [0.2, 0.25) is 0 Å².